The van der Waals surface area contributed by atoms with Crippen LogP contribution >= 0.6 is 0 Å². The molecule has 0 aromatic carbocycles. The maximum atomic E-state index is 12.5. The number of rotatable bonds is 35. The lowest BCUT2D eigenvalue weighted by atomic mass is 10.0. The molecule has 0 spiro atoms. The van der Waals surface area contributed by atoms with Crippen LogP contribution in [0, 0.1) is 0 Å². The summed E-state index contributed by atoms with van der Waals surface area (Å²) in [5.41, 5.74) is 0. The van der Waals surface area contributed by atoms with Gasteiger partial charge in [0.2, 0.25) is 17.7 Å². The fourth-order valence-electron chi connectivity index (χ4n) is 6.11. The van der Waals surface area contributed by atoms with Crippen LogP contribution in [0.2, 0.25) is 0 Å². The van der Waals surface area contributed by atoms with Gasteiger partial charge in [0.15, 0.2) is 0 Å². The van der Waals surface area contributed by atoms with Crippen LogP contribution in [0.5, 0.6) is 0 Å². The summed E-state index contributed by atoms with van der Waals surface area (Å²) >= 11 is 0. The van der Waals surface area contributed by atoms with Gasteiger partial charge in [-0.15, -0.1) is 0 Å². The first-order chi connectivity index (χ1) is 22.0. The van der Waals surface area contributed by atoms with Crippen molar-refractivity contribution in [1.29, 1.82) is 0 Å². The van der Waals surface area contributed by atoms with E-state index >= 15 is 0 Å². The van der Waals surface area contributed by atoms with Crippen LogP contribution in [0.1, 0.15) is 213 Å². The summed E-state index contributed by atoms with van der Waals surface area (Å²) in [4.78, 5) is 37.0. The highest BCUT2D eigenvalue weighted by Crippen LogP contribution is 2.14. The van der Waals surface area contributed by atoms with E-state index in [1.165, 1.54) is 141 Å². The second kappa shape index (κ2) is 35.3. The fraction of sp³-hybridized carbons (Fsp3) is 0.923. The molecule has 0 rings (SSSR count). The van der Waals surface area contributed by atoms with Gasteiger partial charge in [-0.3, -0.25) is 14.4 Å². The molecule has 0 aromatic rings. The third-order valence-corrected chi connectivity index (χ3v) is 9.15. The van der Waals surface area contributed by atoms with Crippen molar-refractivity contribution in [2.75, 3.05) is 13.6 Å². The van der Waals surface area contributed by atoms with Gasteiger partial charge in [0.1, 0.15) is 6.04 Å². The summed E-state index contributed by atoms with van der Waals surface area (Å²) < 4.78 is 0. The lowest BCUT2D eigenvalue weighted by Crippen LogP contribution is -2.45. The molecule has 1 atom stereocenters. The summed E-state index contributed by atoms with van der Waals surface area (Å²) in [5.74, 6) is -0.0371. The average molecular weight is 636 g/mol. The number of likely N-dealkylation sites (N-methyl/N-ethyl adjacent to an activating group) is 1. The average Bonchev–Trinajstić information content (AvgIpc) is 3.04. The lowest BCUT2D eigenvalue weighted by Gasteiger charge is -2.17. The van der Waals surface area contributed by atoms with Crippen molar-refractivity contribution in [3.8, 4) is 0 Å². The molecule has 6 heteroatoms. The molecule has 0 saturated carbocycles. The van der Waals surface area contributed by atoms with E-state index < -0.39 is 6.04 Å². The highest BCUT2D eigenvalue weighted by atomic mass is 16.2. The van der Waals surface area contributed by atoms with E-state index in [0.29, 0.717) is 25.8 Å². The molecule has 0 aliphatic heterocycles. The summed E-state index contributed by atoms with van der Waals surface area (Å²) in [6.45, 7) is 5.16. The smallest absolute Gasteiger partial charge is 0.242 e. The summed E-state index contributed by atoms with van der Waals surface area (Å²) in [7, 11) is 1.62. The Balaban J connectivity index is 3.71. The lowest BCUT2D eigenvalue weighted by molar-refractivity contribution is -0.129. The first kappa shape index (κ1) is 43.4. The molecule has 0 radical (unpaired) electrons. The predicted octanol–water partition coefficient (Wildman–Crippen LogP) is 10.5. The van der Waals surface area contributed by atoms with E-state index in [1.54, 1.807) is 7.05 Å². The third-order valence-electron chi connectivity index (χ3n) is 9.15. The molecule has 0 bridgehead atoms. The largest absolute Gasteiger partial charge is 0.357 e. The van der Waals surface area contributed by atoms with Crippen molar-refractivity contribution in [2.45, 2.75) is 219 Å². The molecule has 45 heavy (non-hydrogen) atoms. The standard InChI is InChI=1S/C39H77N3O3/c1-4-6-8-10-12-14-16-18-20-22-24-26-28-33-37(43)41-35-31-30-32-36(39(45)40-3)42-38(44)34-29-27-25-23-21-19-17-15-13-11-9-7-5-2/h36H,4-35H2,1-3H3,(H,40,45)(H,41,43)(H,42,44)/t36-/m0/s1. The zero-order chi connectivity index (χ0) is 33.1. The second-order valence-electron chi connectivity index (χ2n) is 13.6. The Bertz CT molecular complexity index is 670. The van der Waals surface area contributed by atoms with Crippen LogP contribution in [0.3, 0.4) is 0 Å². The molecule has 0 fully saturated rings. The van der Waals surface area contributed by atoms with Gasteiger partial charge in [-0.05, 0) is 32.1 Å². The maximum absolute atomic E-state index is 12.5. The van der Waals surface area contributed by atoms with Gasteiger partial charge in [-0.2, -0.15) is 0 Å². The molecule has 3 amide bonds. The Kier molecular flexibility index (Phi) is 34.0. The molecule has 0 aliphatic rings. The first-order valence-electron chi connectivity index (χ1n) is 19.8. The Hall–Kier alpha value is -1.59. The minimum atomic E-state index is -0.494. The van der Waals surface area contributed by atoms with Gasteiger partial charge < -0.3 is 16.0 Å². The minimum Gasteiger partial charge on any atom is -0.357 e. The van der Waals surface area contributed by atoms with E-state index in [0.717, 1.165) is 38.5 Å². The van der Waals surface area contributed by atoms with Gasteiger partial charge in [0.25, 0.3) is 0 Å². The normalized spacial score (nSPS) is 11.8. The number of carbonyl (C=O) groups is 3. The SMILES string of the molecule is CCCCCCCCCCCCCCCC(=O)NCCCC[C@H](NC(=O)CCCCCCCCCCCCCCC)C(=O)NC. The molecule has 266 valence electrons. The molecule has 0 unspecified atom stereocenters. The number of amides is 3. The number of nitrogens with one attached hydrogen (secondary N) is 3. The molecule has 0 heterocycles. The van der Waals surface area contributed by atoms with E-state index in [2.05, 4.69) is 29.8 Å². The summed E-state index contributed by atoms with van der Waals surface area (Å²) in [6.07, 6.45) is 37.0. The number of unbranched alkanes of at least 4 members (excludes halogenated alkanes) is 25. The Labute approximate surface area is 280 Å². The highest BCUT2D eigenvalue weighted by Gasteiger charge is 2.19. The third kappa shape index (κ3) is 32.2. The minimum absolute atomic E-state index is 0.0298. The quantitative estimate of drug-likeness (QED) is 0.0606. The van der Waals surface area contributed by atoms with Gasteiger partial charge in [-0.1, -0.05) is 168 Å². The van der Waals surface area contributed by atoms with Crippen molar-refractivity contribution < 1.29 is 14.4 Å². The maximum Gasteiger partial charge on any atom is 0.242 e. The van der Waals surface area contributed by atoms with Crippen LogP contribution in [-0.4, -0.2) is 37.4 Å². The molecule has 0 aromatic heterocycles. The van der Waals surface area contributed by atoms with Crippen LogP contribution in [0.25, 0.3) is 0 Å². The van der Waals surface area contributed by atoms with E-state index in [9.17, 15) is 14.4 Å². The van der Waals surface area contributed by atoms with Crippen LogP contribution in [-0.2, 0) is 14.4 Å². The van der Waals surface area contributed by atoms with E-state index in [1.807, 2.05) is 0 Å². The van der Waals surface area contributed by atoms with Crippen molar-refractivity contribution in [3.05, 3.63) is 0 Å². The summed E-state index contributed by atoms with van der Waals surface area (Å²) in [5, 5.41) is 8.65. The van der Waals surface area contributed by atoms with Crippen molar-refractivity contribution >= 4 is 17.7 Å². The zero-order valence-corrected chi connectivity index (χ0v) is 30.4. The van der Waals surface area contributed by atoms with E-state index in [4.69, 9.17) is 0 Å². The van der Waals surface area contributed by atoms with Crippen LogP contribution in [0.15, 0.2) is 0 Å². The van der Waals surface area contributed by atoms with E-state index in [-0.39, 0.29) is 17.7 Å². The fourth-order valence-corrected chi connectivity index (χ4v) is 6.11. The molecule has 3 N–H and O–H groups in total. The molecular formula is C39H77N3O3. The second-order valence-corrected chi connectivity index (χ2v) is 13.6. The van der Waals surface area contributed by atoms with Gasteiger partial charge in [-0.25, -0.2) is 0 Å². The predicted molar refractivity (Wildman–Crippen MR) is 193 cm³/mol. The van der Waals surface area contributed by atoms with Crippen LogP contribution < -0.4 is 16.0 Å². The Morgan fingerprint density at radius 1 is 0.444 bits per heavy atom. The first-order valence-corrected chi connectivity index (χ1v) is 19.8. The highest BCUT2D eigenvalue weighted by molar-refractivity contribution is 5.87. The zero-order valence-electron chi connectivity index (χ0n) is 30.4. The van der Waals surface area contributed by atoms with Crippen molar-refractivity contribution in [1.82, 2.24) is 16.0 Å². The molecule has 0 saturated heterocycles. The van der Waals surface area contributed by atoms with Gasteiger partial charge in [0, 0.05) is 26.4 Å². The Morgan fingerprint density at radius 3 is 1.18 bits per heavy atom. The number of carbonyl (C=O) groups excluding carboxylic acids is 3. The number of hydrogen-bond acceptors (Lipinski definition) is 3. The Morgan fingerprint density at radius 2 is 0.800 bits per heavy atom. The summed E-state index contributed by atoms with van der Waals surface area (Å²) in [6, 6.07) is -0.494. The monoisotopic (exact) mass is 636 g/mol. The molecular weight excluding hydrogens is 558 g/mol. The van der Waals surface area contributed by atoms with Crippen molar-refractivity contribution in [3.63, 3.8) is 0 Å². The van der Waals surface area contributed by atoms with Gasteiger partial charge >= 0.3 is 0 Å². The van der Waals surface area contributed by atoms with Crippen LogP contribution in [0.4, 0.5) is 0 Å². The molecule has 6 nitrogen and oxygen atoms in total. The molecule has 0 aliphatic carbocycles. The number of hydrogen-bond donors (Lipinski definition) is 3. The van der Waals surface area contributed by atoms with Gasteiger partial charge in [0.05, 0.1) is 0 Å². The topological polar surface area (TPSA) is 87.3 Å². The van der Waals surface area contributed by atoms with Crippen molar-refractivity contribution in [2.24, 2.45) is 0 Å².